The summed E-state index contributed by atoms with van der Waals surface area (Å²) in [4.78, 5) is 11.7. The summed E-state index contributed by atoms with van der Waals surface area (Å²) in [6, 6.07) is -0.344. The van der Waals surface area contributed by atoms with Gasteiger partial charge >= 0.3 is 0 Å². The lowest BCUT2D eigenvalue weighted by molar-refractivity contribution is -0.124. The Morgan fingerprint density at radius 3 is 2.44 bits per heavy atom. The highest BCUT2D eigenvalue weighted by atomic mass is 16.5. The number of ether oxygens (including phenoxy) is 1. The van der Waals surface area contributed by atoms with Gasteiger partial charge in [-0.3, -0.25) is 4.79 Å². The Labute approximate surface area is 98.9 Å². The lowest BCUT2D eigenvalue weighted by atomic mass is 10.0. The number of carbonyl (C=O) groups is 1. The van der Waals surface area contributed by atoms with Gasteiger partial charge in [-0.15, -0.1) is 0 Å². The number of hydrogen-bond acceptors (Lipinski definition) is 3. The topological polar surface area (TPSA) is 64.4 Å². The summed E-state index contributed by atoms with van der Waals surface area (Å²) in [7, 11) is 0. The van der Waals surface area contributed by atoms with Crippen molar-refractivity contribution < 1.29 is 9.53 Å². The van der Waals surface area contributed by atoms with E-state index in [0.29, 0.717) is 19.1 Å². The van der Waals surface area contributed by atoms with Gasteiger partial charge in [0, 0.05) is 6.61 Å². The summed E-state index contributed by atoms with van der Waals surface area (Å²) < 4.78 is 5.34. The third kappa shape index (κ3) is 6.08. The molecule has 0 aromatic heterocycles. The van der Waals surface area contributed by atoms with Gasteiger partial charge in [0.15, 0.2) is 0 Å². The molecule has 1 amide bonds. The molecule has 2 atom stereocenters. The Kier molecular flexibility index (Phi) is 8.21. The minimum atomic E-state index is -0.395. The van der Waals surface area contributed by atoms with Crippen molar-refractivity contribution in [1.29, 1.82) is 0 Å². The van der Waals surface area contributed by atoms with Crippen LogP contribution >= 0.6 is 0 Å². The molecular weight excluding hydrogens is 204 g/mol. The van der Waals surface area contributed by atoms with E-state index >= 15 is 0 Å². The molecule has 0 aliphatic carbocycles. The van der Waals surface area contributed by atoms with Gasteiger partial charge in [-0.25, -0.2) is 0 Å². The zero-order chi connectivity index (χ0) is 12.6. The smallest absolute Gasteiger partial charge is 0.237 e. The molecule has 0 radical (unpaired) electrons. The molecule has 0 bridgehead atoms. The molecule has 0 aromatic rings. The maximum atomic E-state index is 11.7. The first kappa shape index (κ1) is 15.4. The van der Waals surface area contributed by atoms with Crippen molar-refractivity contribution in [3.63, 3.8) is 0 Å². The van der Waals surface area contributed by atoms with Crippen LogP contribution in [0.25, 0.3) is 0 Å². The third-order valence-electron chi connectivity index (χ3n) is 2.57. The molecule has 0 aliphatic heterocycles. The van der Waals surface area contributed by atoms with E-state index in [1.54, 1.807) is 0 Å². The van der Waals surface area contributed by atoms with Crippen molar-refractivity contribution >= 4 is 5.91 Å². The highest BCUT2D eigenvalue weighted by molar-refractivity contribution is 5.81. The predicted octanol–water partition coefficient (Wildman–Crippen LogP) is 1.29. The second-order valence-electron chi connectivity index (χ2n) is 4.41. The summed E-state index contributed by atoms with van der Waals surface area (Å²) in [5.41, 5.74) is 5.75. The van der Waals surface area contributed by atoms with Crippen molar-refractivity contribution in [3.8, 4) is 0 Å². The summed E-state index contributed by atoms with van der Waals surface area (Å²) in [5.74, 6) is 0.282. The second kappa shape index (κ2) is 8.53. The Morgan fingerprint density at radius 1 is 1.38 bits per heavy atom. The molecule has 0 aliphatic rings. The van der Waals surface area contributed by atoms with Crippen LogP contribution in [0.2, 0.25) is 0 Å². The van der Waals surface area contributed by atoms with Gasteiger partial charge < -0.3 is 15.8 Å². The van der Waals surface area contributed by atoms with E-state index in [1.165, 1.54) is 0 Å². The maximum absolute atomic E-state index is 11.7. The SMILES string of the molecule is CCC[C@@H](N)C(=O)NC(COCC)C(C)C. The van der Waals surface area contributed by atoms with Gasteiger partial charge in [-0.1, -0.05) is 27.2 Å². The summed E-state index contributed by atoms with van der Waals surface area (Å²) >= 11 is 0. The average Bonchev–Trinajstić information content (AvgIpc) is 2.23. The molecule has 0 fully saturated rings. The molecule has 0 rings (SSSR count). The van der Waals surface area contributed by atoms with Gasteiger partial charge in [0.25, 0.3) is 0 Å². The standard InChI is InChI=1S/C12H26N2O2/c1-5-7-10(13)12(15)14-11(9(3)4)8-16-6-2/h9-11H,5-8,13H2,1-4H3,(H,14,15)/t10-,11?/m1/s1. The van der Waals surface area contributed by atoms with Crippen LogP contribution in [-0.4, -0.2) is 31.2 Å². The van der Waals surface area contributed by atoms with Crippen LogP contribution in [0, 0.1) is 5.92 Å². The Balaban J connectivity index is 4.11. The van der Waals surface area contributed by atoms with Crippen LogP contribution in [0.15, 0.2) is 0 Å². The molecule has 0 saturated carbocycles. The predicted molar refractivity (Wildman–Crippen MR) is 66.1 cm³/mol. The Hall–Kier alpha value is -0.610. The monoisotopic (exact) mass is 230 g/mol. The lowest BCUT2D eigenvalue weighted by Crippen LogP contribution is -2.49. The van der Waals surface area contributed by atoms with E-state index in [0.717, 1.165) is 12.8 Å². The molecule has 0 spiro atoms. The highest BCUT2D eigenvalue weighted by Gasteiger charge is 2.19. The summed E-state index contributed by atoms with van der Waals surface area (Å²) in [5, 5.41) is 2.95. The molecule has 0 aromatic carbocycles. The number of amides is 1. The first-order valence-electron chi connectivity index (χ1n) is 6.16. The number of nitrogens with two attached hydrogens (primary N) is 1. The maximum Gasteiger partial charge on any atom is 0.237 e. The van der Waals surface area contributed by atoms with E-state index in [-0.39, 0.29) is 11.9 Å². The molecule has 0 saturated heterocycles. The van der Waals surface area contributed by atoms with Crippen LogP contribution in [0.3, 0.4) is 0 Å². The van der Waals surface area contributed by atoms with Crippen LogP contribution < -0.4 is 11.1 Å². The van der Waals surface area contributed by atoms with E-state index in [1.807, 2.05) is 13.8 Å². The van der Waals surface area contributed by atoms with Crippen LogP contribution in [0.4, 0.5) is 0 Å². The first-order chi connectivity index (χ1) is 7.52. The fraction of sp³-hybridized carbons (Fsp3) is 0.917. The Bertz CT molecular complexity index is 195. The van der Waals surface area contributed by atoms with Crippen LogP contribution in [0.1, 0.15) is 40.5 Å². The first-order valence-corrected chi connectivity index (χ1v) is 6.16. The number of hydrogen-bond donors (Lipinski definition) is 2. The van der Waals surface area contributed by atoms with Crippen molar-refractivity contribution in [2.75, 3.05) is 13.2 Å². The Morgan fingerprint density at radius 2 is 2.00 bits per heavy atom. The molecule has 0 heterocycles. The largest absolute Gasteiger partial charge is 0.380 e. The third-order valence-corrected chi connectivity index (χ3v) is 2.57. The average molecular weight is 230 g/mol. The van der Waals surface area contributed by atoms with E-state index in [2.05, 4.69) is 19.2 Å². The van der Waals surface area contributed by atoms with Crippen LogP contribution in [-0.2, 0) is 9.53 Å². The summed E-state index contributed by atoms with van der Waals surface area (Å²) in [6.07, 6.45) is 1.65. The molecular formula is C12H26N2O2. The molecule has 1 unspecified atom stereocenters. The van der Waals surface area contributed by atoms with E-state index in [4.69, 9.17) is 10.5 Å². The van der Waals surface area contributed by atoms with E-state index < -0.39 is 6.04 Å². The van der Waals surface area contributed by atoms with Gasteiger partial charge in [-0.2, -0.15) is 0 Å². The normalized spacial score (nSPS) is 14.9. The van der Waals surface area contributed by atoms with E-state index in [9.17, 15) is 4.79 Å². The highest BCUT2D eigenvalue weighted by Crippen LogP contribution is 2.03. The fourth-order valence-corrected chi connectivity index (χ4v) is 1.38. The zero-order valence-corrected chi connectivity index (χ0v) is 11.0. The molecule has 96 valence electrons. The minimum Gasteiger partial charge on any atom is -0.380 e. The lowest BCUT2D eigenvalue weighted by Gasteiger charge is -2.23. The van der Waals surface area contributed by atoms with Crippen molar-refractivity contribution in [2.45, 2.75) is 52.6 Å². The van der Waals surface area contributed by atoms with Crippen molar-refractivity contribution in [3.05, 3.63) is 0 Å². The molecule has 4 heteroatoms. The quantitative estimate of drug-likeness (QED) is 0.660. The second-order valence-corrected chi connectivity index (χ2v) is 4.41. The number of rotatable bonds is 8. The molecule has 4 nitrogen and oxygen atoms in total. The van der Waals surface area contributed by atoms with Gasteiger partial charge in [0.05, 0.1) is 18.7 Å². The molecule has 3 N–H and O–H groups in total. The fourth-order valence-electron chi connectivity index (χ4n) is 1.38. The van der Waals surface area contributed by atoms with Crippen LogP contribution in [0.5, 0.6) is 0 Å². The van der Waals surface area contributed by atoms with Crippen molar-refractivity contribution in [1.82, 2.24) is 5.32 Å². The van der Waals surface area contributed by atoms with Crippen molar-refractivity contribution in [2.24, 2.45) is 11.7 Å². The number of carbonyl (C=O) groups excluding carboxylic acids is 1. The zero-order valence-electron chi connectivity index (χ0n) is 11.0. The van der Waals surface area contributed by atoms with Gasteiger partial charge in [0.1, 0.15) is 0 Å². The van der Waals surface area contributed by atoms with Gasteiger partial charge in [0.2, 0.25) is 5.91 Å². The molecule has 16 heavy (non-hydrogen) atoms. The minimum absolute atomic E-state index is 0.0513. The number of nitrogens with one attached hydrogen (secondary N) is 1. The summed E-state index contributed by atoms with van der Waals surface area (Å²) in [6.45, 7) is 9.32. The van der Waals surface area contributed by atoms with Gasteiger partial charge in [-0.05, 0) is 19.3 Å².